The normalized spacial score (nSPS) is 14.8. The molecule has 1 aliphatic rings. The van der Waals surface area contributed by atoms with Crippen LogP contribution in [-0.2, 0) is 20.7 Å². The molecule has 0 atom stereocenters. The Morgan fingerprint density at radius 1 is 1.35 bits per heavy atom. The van der Waals surface area contributed by atoms with E-state index in [4.69, 9.17) is 9.47 Å². The molecule has 144 valence electrons. The minimum atomic E-state index is -0.524. The highest BCUT2D eigenvalue weighted by atomic mass is 16.5. The van der Waals surface area contributed by atoms with Crippen LogP contribution in [0.15, 0.2) is 0 Å². The van der Waals surface area contributed by atoms with Gasteiger partial charge in [-0.05, 0) is 32.4 Å². The Labute approximate surface area is 153 Å². The number of rotatable bonds is 9. The summed E-state index contributed by atoms with van der Waals surface area (Å²) in [6.45, 7) is 8.44. The summed E-state index contributed by atoms with van der Waals surface area (Å²) in [5.74, 6) is -0.722. The van der Waals surface area contributed by atoms with E-state index in [1.165, 1.54) is 0 Å². The van der Waals surface area contributed by atoms with Gasteiger partial charge in [0.2, 0.25) is 5.91 Å². The summed E-state index contributed by atoms with van der Waals surface area (Å²) >= 11 is 0. The third-order valence-corrected chi connectivity index (χ3v) is 4.38. The average Bonchev–Trinajstić information content (AvgIpc) is 2.95. The van der Waals surface area contributed by atoms with E-state index in [0.717, 1.165) is 39.3 Å². The molecular weight excluding hydrogens is 338 g/mol. The zero-order valence-electron chi connectivity index (χ0n) is 15.4. The van der Waals surface area contributed by atoms with Crippen molar-refractivity contribution >= 4 is 18.2 Å². The molecule has 0 radical (unpaired) electrons. The van der Waals surface area contributed by atoms with Gasteiger partial charge in [-0.2, -0.15) is 0 Å². The first-order valence-electron chi connectivity index (χ1n) is 8.97. The summed E-state index contributed by atoms with van der Waals surface area (Å²) in [6.07, 6.45) is 1.49. The first kappa shape index (κ1) is 20.1. The van der Waals surface area contributed by atoms with Gasteiger partial charge < -0.3 is 19.8 Å². The highest BCUT2D eigenvalue weighted by molar-refractivity contribution is 5.97. The molecule has 1 aromatic heterocycles. The van der Waals surface area contributed by atoms with E-state index in [0.29, 0.717) is 29.8 Å². The number of esters is 1. The second kappa shape index (κ2) is 10.1. The number of morpholine rings is 1. The largest absolute Gasteiger partial charge is 0.462 e. The maximum Gasteiger partial charge on any atom is 0.340 e. The van der Waals surface area contributed by atoms with Crippen LogP contribution >= 0.6 is 0 Å². The van der Waals surface area contributed by atoms with Crippen molar-refractivity contribution in [1.29, 1.82) is 0 Å². The van der Waals surface area contributed by atoms with E-state index in [1.54, 1.807) is 13.8 Å². The SMILES string of the molecule is CCOC(=O)c1c(CC(=O)NCCCN2CCOCC2)[nH]c(C=O)c1C. The molecule has 0 aliphatic carbocycles. The topological polar surface area (TPSA) is 101 Å². The third-order valence-electron chi connectivity index (χ3n) is 4.38. The predicted molar refractivity (Wildman–Crippen MR) is 95.5 cm³/mol. The van der Waals surface area contributed by atoms with Crippen LogP contribution in [-0.4, -0.2) is 74.0 Å². The molecule has 1 aliphatic heterocycles. The molecule has 8 heteroatoms. The van der Waals surface area contributed by atoms with Gasteiger partial charge in [-0.15, -0.1) is 0 Å². The summed E-state index contributed by atoms with van der Waals surface area (Å²) in [6, 6.07) is 0. The van der Waals surface area contributed by atoms with Crippen LogP contribution in [0.2, 0.25) is 0 Å². The molecule has 2 heterocycles. The van der Waals surface area contributed by atoms with Crippen molar-refractivity contribution in [2.75, 3.05) is 46.0 Å². The van der Waals surface area contributed by atoms with Crippen molar-refractivity contribution in [3.05, 3.63) is 22.5 Å². The second-order valence-electron chi connectivity index (χ2n) is 6.19. The molecule has 1 saturated heterocycles. The summed E-state index contributed by atoms with van der Waals surface area (Å²) in [7, 11) is 0. The lowest BCUT2D eigenvalue weighted by Crippen LogP contribution is -2.38. The maximum absolute atomic E-state index is 12.2. The van der Waals surface area contributed by atoms with Crippen LogP contribution in [0.1, 0.15) is 45.4 Å². The number of ether oxygens (including phenoxy) is 2. The number of amides is 1. The first-order chi connectivity index (χ1) is 12.6. The van der Waals surface area contributed by atoms with Crippen LogP contribution < -0.4 is 5.32 Å². The Hall–Kier alpha value is -2.19. The molecule has 2 rings (SSSR count). The molecule has 0 saturated carbocycles. The summed E-state index contributed by atoms with van der Waals surface area (Å²) in [4.78, 5) is 40.6. The van der Waals surface area contributed by atoms with Crippen molar-refractivity contribution in [2.45, 2.75) is 26.7 Å². The van der Waals surface area contributed by atoms with E-state index in [-0.39, 0.29) is 24.5 Å². The summed E-state index contributed by atoms with van der Waals surface area (Å²) in [5, 5.41) is 2.86. The fourth-order valence-corrected chi connectivity index (χ4v) is 2.99. The Morgan fingerprint density at radius 3 is 2.73 bits per heavy atom. The van der Waals surface area contributed by atoms with E-state index in [1.807, 2.05) is 0 Å². The quantitative estimate of drug-likeness (QED) is 0.379. The van der Waals surface area contributed by atoms with E-state index in [9.17, 15) is 14.4 Å². The second-order valence-corrected chi connectivity index (χ2v) is 6.19. The van der Waals surface area contributed by atoms with Gasteiger partial charge in [0.25, 0.3) is 0 Å². The Bertz CT molecular complexity index is 635. The number of aromatic amines is 1. The lowest BCUT2D eigenvalue weighted by Gasteiger charge is -2.26. The smallest absolute Gasteiger partial charge is 0.340 e. The molecule has 26 heavy (non-hydrogen) atoms. The van der Waals surface area contributed by atoms with E-state index < -0.39 is 5.97 Å². The third kappa shape index (κ3) is 5.40. The molecule has 1 aromatic rings. The Morgan fingerprint density at radius 2 is 2.08 bits per heavy atom. The number of aldehydes is 1. The number of H-pyrrole nitrogens is 1. The highest BCUT2D eigenvalue weighted by Crippen LogP contribution is 2.19. The van der Waals surface area contributed by atoms with Crippen LogP contribution in [0, 0.1) is 6.92 Å². The van der Waals surface area contributed by atoms with Crippen molar-refractivity contribution in [3.63, 3.8) is 0 Å². The molecule has 1 amide bonds. The molecular formula is C18H27N3O5. The molecule has 2 N–H and O–H groups in total. The van der Waals surface area contributed by atoms with Gasteiger partial charge in [-0.1, -0.05) is 0 Å². The number of aromatic nitrogens is 1. The summed E-state index contributed by atoms with van der Waals surface area (Å²) < 4.78 is 10.3. The lowest BCUT2D eigenvalue weighted by atomic mass is 10.1. The van der Waals surface area contributed by atoms with E-state index >= 15 is 0 Å². The van der Waals surface area contributed by atoms with Crippen LogP contribution in [0.4, 0.5) is 0 Å². The summed E-state index contributed by atoms with van der Waals surface area (Å²) in [5.41, 5.74) is 1.49. The van der Waals surface area contributed by atoms with Gasteiger partial charge in [0.05, 0.1) is 37.5 Å². The van der Waals surface area contributed by atoms with E-state index in [2.05, 4.69) is 15.2 Å². The number of carbonyl (C=O) groups excluding carboxylic acids is 3. The number of hydrogen-bond acceptors (Lipinski definition) is 6. The fourth-order valence-electron chi connectivity index (χ4n) is 2.99. The molecule has 0 aromatic carbocycles. The molecule has 1 fully saturated rings. The van der Waals surface area contributed by atoms with Gasteiger partial charge in [0.1, 0.15) is 0 Å². The van der Waals surface area contributed by atoms with Gasteiger partial charge in [-0.25, -0.2) is 4.79 Å². The minimum absolute atomic E-state index is 0.000379. The minimum Gasteiger partial charge on any atom is -0.462 e. The molecule has 0 unspecified atom stereocenters. The number of hydrogen-bond donors (Lipinski definition) is 2. The van der Waals surface area contributed by atoms with Crippen molar-refractivity contribution in [2.24, 2.45) is 0 Å². The van der Waals surface area contributed by atoms with Crippen LogP contribution in [0.3, 0.4) is 0 Å². The van der Waals surface area contributed by atoms with Crippen molar-refractivity contribution < 1.29 is 23.9 Å². The lowest BCUT2D eigenvalue weighted by molar-refractivity contribution is -0.120. The predicted octanol–water partition coefficient (Wildman–Crippen LogP) is 0.693. The molecule has 0 bridgehead atoms. The van der Waals surface area contributed by atoms with Crippen molar-refractivity contribution in [3.8, 4) is 0 Å². The van der Waals surface area contributed by atoms with Gasteiger partial charge in [-0.3, -0.25) is 14.5 Å². The Balaban J connectivity index is 1.87. The zero-order valence-corrected chi connectivity index (χ0v) is 15.4. The fraction of sp³-hybridized carbons (Fsp3) is 0.611. The van der Waals surface area contributed by atoms with Gasteiger partial charge in [0, 0.05) is 25.3 Å². The maximum atomic E-state index is 12.2. The highest BCUT2D eigenvalue weighted by Gasteiger charge is 2.22. The van der Waals surface area contributed by atoms with Crippen LogP contribution in [0.5, 0.6) is 0 Å². The number of nitrogens with zero attached hydrogens (tertiary/aromatic N) is 1. The monoisotopic (exact) mass is 365 g/mol. The van der Waals surface area contributed by atoms with Gasteiger partial charge >= 0.3 is 5.97 Å². The van der Waals surface area contributed by atoms with Gasteiger partial charge in [0.15, 0.2) is 6.29 Å². The standard InChI is InChI=1S/C18H27N3O5/c1-3-26-18(24)17-13(2)15(12-22)20-14(17)11-16(23)19-5-4-6-21-7-9-25-10-8-21/h12,20H,3-11H2,1-2H3,(H,19,23). The first-order valence-corrected chi connectivity index (χ1v) is 8.97. The number of carbonyl (C=O) groups is 3. The number of nitrogens with one attached hydrogen (secondary N) is 2. The van der Waals surface area contributed by atoms with Crippen molar-refractivity contribution in [1.82, 2.24) is 15.2 Å². The molecule has 0 spiro atoms. The zero-order chi connectivity index (χ0) is 18.9. The van der Waals surface area contributed by atoms with Crippen LogP contribution in [0.25, 0.3) is 0 Å². The Kier molecular flexibility index (Phi) is 7.80. The molecule has 8 nitrogen and oxygen atoms in total. The average molecular weight is 365 g/mol.